The molecular formula is C17H25ClN2O3. The first-order valence-electron chi connectivity index (χ1n) is 7.33. The van der Waals surface area contributed by atoms with Gasteiger partial charge in [-0.25, -0.2) is 0 Å². The van der Waals surface area contributed by atoms with Crippen molar-refractivity contribution in [2.24, 2.45) is 11.1 Å². The van der Waals surface area contributed by atoms with Crippen LogP contribution >= 0.6 is 12.4 Å². The Morgan fingerprint density at radius 1 is 1.43 bits per heavy atom. The highest BCUT2D eigenvalue weighted by molar-refractivity contribution is 5.99. The van der Waals surface area contributed by atoms with E-state index in [1.165, 1.54) is 0 Å². The number of carbonyl (C=O) groups excluding carboxylic acids is 1. The average Bonchev–Trinajstić information content (AvgIpc) is 2.52. The van der Waals surface area contributed by atoms with Crippen molar-refractivity contribution in [1.29, 1.82) is 0 Å². The second-order valence-corrected chi connectivity index (χ2v) is 6.39. The molecule has 23 heavy (non-hydrogen) atoms. The summed E-state index contributed by atoms with van der Waals surface area (Å²) in [5, 5.41) is 0. The monoisotopic (exact) mass is 340 g/mol. The molecule has 1 amide bonds. The number of ether oxygens (including phenoxy) is 2. The van der Waals surface area contributed by atoms with Gasteiger partial charge in [0.05, 0.1) is 12.7 Å². The van der Waals surface area contributed by atoms with Crippen LogP contribution < -0.4 is 15.2 Å². The van der Waals surface area contributed by atoms with Crippen LogP contribution in [-0.2, 0) is 4.79 Å². The van der Waals surface area contributed by atoms with Gasteiger partial charge in [0.1, 0.15) is 18.1 Å². The molecule has 0 saturated carbocycles. The van der Waals surface area contributed by atoms with Gasteiger partial charge in [0.15, 0.2) is 0 Å². The lowest BCUT2D eigenvalue weighted by molar-refractivity contribution is -0.127. The molecule has 128 valence electrons. The summed E-state index contributed by atoms with van der Waals surface area (Å²) >= 11 is 0. The molecule has 0 bridgehead atoms. The number of hydrogen-bond acceptors (Lipinski definition) is 4. The molecule has 2 N–H and O–H groups in total. The van der Waals surface area contributed by atoms with Crippen LogP contribution in [0, 0.1) is 5.41 Å². The number of rotatable bonds is 5. The van der Waals surface area contributed by atoms with Gasteiger partial charge in [0.2, 0.25) is 0 Å². The molecule has 0 fully saturated rings. The third-order valence-electron chi connectivity index (χ3n) is 3.77. The highest BCUT2D eigenvalue weighted by Crippen LogP contribution is 2.30. The number of hydrogen-bond donors (Lipinski definition) is 1. The summed E-state index contributed by atoms with van der Waals surface area (Å²) in [7, 11) is 3.41. The van der Waals surface area contributed by atoms with E-state index < -0.39 is 0 Å². The second-order valence-electron chi connectivity index (χ2n) is 6.39. The Balaban J connectivity index is 0.00000264. The maximum absolute atomic E-state index is 12.6. The number of fused-ring (bicyclic) bond motifs is 1. The van der Waals surface area contributed by atoms with Gasteiger partial charge in [-0.15, -0.1) is 12.4 Å². The Morgan fingerprint density at radius 2 is 2.13 bits per heavy atom. The Hall–Kier alpha value is -1.72. The molecule has 0 unspecified atom stereocenters. The third kappa shape index (κ3) is 4.62. The number of likely N-dealkylation sites (N-methyl/N-ethyl adjacent to an activating group) is 1. The molecular weight excluding hydrogens is 316 g/mol. The van der Waals surface area contributed by atoms with Crippen molar-refractivity contribution in [2.75, 3.05) is 33.9 Å². The van der Waals surface area contributed by atoms with Crippen LogP contribution in [-0.4, -0.2) is 44.7 Å². The van der Waals surface area contributed by atoms with E-state index in [-0.39, 0.29) is 30.3 Å². The first kappa shape index (κ1) is 19.3. The number of carbonyl (C=O) groups is 1. The largest absolute Gasteiger partial charge is 0.497 e. The van der Waals surface area contributed by atoms with E-state index in [9.17, 15) is 4.79 Å². The quantitative estimate of drug-likeness (QED) is 0.893. The van der Waals surface area contributed by atoms with E-state index in [0.29, 0.717) is 18.7 Å². The van der Waals surface area contributed by atoms with E-state index in [2.05, 4.69) is 0 Å². The fraction of sp³-hybridized carbons (Fsp3) is 0.471. The number of benzene rings is 1. The fourth-order valence-corrected chi connectivity index (χ4v) is 2.43. The first-order valence-corrected chi connectivity index (χ1v) is 7.33. The lowest BCUT2D eigenvalue weighted by atomic mass is 9.93. The lowest BCUT2D eigenvalue weighted by Crippen LogP contribution is -2.41. The van der Waals surface area contributed by atoms with Crippen molar-refractivity contribution in [3.8, 4) is 11.5 Å². The fourth-order valence-electron chi connectivity index (χ4n) is 2.43. The Morgan fingerprint density at radius 3 is 2.74 bits per heavy atom. The normalized spacial score (nSPS) is 13.2. The molecule has 1 aromatic rings. The van der Waals surface area contributed by atoms with Gasteiger partial charge in [-0.2, -0.15) is 0 Å². The lowest BCUT2D eigenvalue weighted by Gasteiger charge is -2.30. The van der Waals surface area contributed by atoms with Crippen molar-refractivity contribution in [3.05, 3.63) is 29.3 Å². The number of nitrogens with two attached hydrogens (primary N) is 1. The van der Waals surface area contributed by atoms with Crippen LogP contribution in [0.4, 0.5) is 0 Å². The van der Waals surface area contributed by atoms with E-state index in [1.54, 1.807) is 19.1 Å². The minimum Gasteiger partial charge on any atom is -0.497 e. The summed E-state index contributed by atoms with van der Waals surface area (Å²) in [4.78, 5) is 14.3. The smallest absolute Gasteiger partial charge is 0.253 e. The molecule has 0 spiro atoms. The minimum atomic E-state index is -0.110. The van der Waals surface area contributed by atoms with E-state index in [1.807, 2.05) is 38.1 Å². The zero-order chi connectivity index (χ0) is 16.3. The zero-order valence-corrected chi connectivity index (χ0v) is 14.9. The van der Waals surface area contributed by atoms with Gasteiger partial charge in [0, 0.05) is 19.2 Å². The van der Waals surface area contributed by atoms with Crippen molar-refractivity contribution in [3.63, 3.8) is 0 Å². The summed E-state index contributed by atoms with van der Waals surface area (Å²) in [6, 6.07) is 5.56. The van der Waals surface area contributed by atoms with Gasteiger partial charge in [-0.05, 0) is 36.2 Å². The van der Waals surface area contributed by atoms with Crippen molar-refractivity contribution in [1.82, 2.24) is 4.90 Å². The molecule has 0 aliphatic carbocycles. The molecule has 0 saturated heterocycles. The predicted molar refractivity (Wildman–Crippen MR) is 94.2 cm³/mol. The van der Waals surface area contributed by atoms with Crippen molar-refractivity contribution < 1.29 is 14.3 Å². The van der Waals surface area contributed by atoms with Crippen LogP contribution in [0.15, 0.2) is 23.8 Å². The zero-order valence-electron chi connectivity index (χ0n) is 14.1. The molecule has 0 radical (unpaired) electrons. The first-order chi connectivity index (χ1) is 10.4. The van der Waals surface area contributed by atoms with E-state index >= 15 is 0 Å². The maximum Gasteiger partial charge on any atom is 0.253 e. The number of amides is 1. The third-order valence-corrected chi connectivity index (χ3v) is 3.77. The van der Waals surface area contributed by atoms with Crippen LogP contribution in [0.3, 0.4) is 0 Å². The highest BCUT2D eigenvalue weighted by Gasteiger charge is 2.25. The molecule has 6 heteroatoms. The van der Waals surface area contributed by atoms with Crippen molar-refractivity contribution >= 4 is 24.4 Å². The summed E-state index contributed by atoms with van der Waals surface area (Å²) < 4.78 is 10.9. The Bertz CT molecular complexity index is 600. The van der Waals surface area contributed by atoms with Crippen LogP contribution in [0.1, 0.15) is 19.4 Å². The summed E-state index contributed by atoms with van der Waals surface area (Å²) in [5.74, 6) is 1.47. The van der Waals surface area contributed by atoms with Gasteiger partial charge in [-0.3, -0.25) is 4.79 Å². The maximum atomic E-state index is 12.6. The standard InChI is InChI=1S/C17H24N2O3.ClH/c1-17(2,10-18)11-19(3)16(20)13-7-12-8-14(21-4)5-6-15(12)22-9-13;/h5-8H,9-11,18H2,1-4H3;1H. The molecule has 0 aromatic heterocycles. The van der Waals surface area contributed by atoms with Gasteiger partial charge < -0.3 is 20.1 Å². The topological polar surface area (TPSA) is 64.8 Å². The number of methoxy groups -OCH3 is 1. The minimum absolute atomic E-state index is 0. The number of nitrogens with zero attached hydrogens (tertiary/aromatic N) is 1. The molecule has 1 heterocycles. The summed E-state index contributed by atoms with van der Waals surface area (Å²) in [6.07, 6.45) is 1.87. The van der Waals surface area contributed by atoms with Gasteiger partial charge >= 0.3 is 0 Å². The summed E-state index contributed by atoms with van der Waals surface area (Å²) in [5.41, 5.74) is 7.12. The second kappa shape index (κ2) is 7.70. The highest BCUT2D eigenvalue weighted by atomic mass is 35.5. The molecule has 1 aromatic carbocycles. The molecule has 5 nitrogen and oxygen atoms in total. The molecule has 2 rings (SSSR count). The van der Waals surface area contributed by atoms with Gasteiger partial charge in [-0.1, -0.05) is 13.8 Å². The molecule has 0 atom stereocenters. The molecule has 1 aliphatic heterocycles. The van der Waals surface area contributed by atoms with Gasteiger partial charge in [0.25, 0.3) is 5.91 Å². The average molecular weight is 341 g/mol. The molecule has 1 aliphatic rings. The Kier molecular flexibility index (Phi) is 6.47. The summed E-state index contributed by atoms with van der Waals surface area (Å²) in [6.45, 7) is 5.50. The van der Waals surface area contributed by atoms with E-state index in [0.717, 1.165) is 17.1 Å². The van der Waals surface area contributed by atoms with E-state index in [4.69, 9.17) is 15.2 Å². The SMILES string of the molecule is COc1ccc2c(c1)C=C(C(=O)N(C)CC(C)(C)CN)CO2.Cl. The van der Waals surface area contributed by atoms with Crippen molar-refractivity contribution in [2.45, 2.75) is 13.8 Å². The predicted octanol–water partition coefficient (Wildman–Crippen LogP) is 2.34. The van der Waals surface area contributed by atoms with Crippen LogP contribution in [0.5, 0.6) is 11.5 Å². The Labute approximate surface area is 143 Å². The van der Waals surface area contributed by atoms with Crippen LogP contribution in [0.2, 0.25) is 0 Å². The van der Waals surface area contributed by atoms with Crippen LogP contribution in [0.25, 0.3) is 6.08 Å². The number of halogens is 1.